The van der Waals surface area contributed by atoms with Gasteiger partial charge in [-0.25, -0.2) is 4.39 Å². The summed E-state index contributed by atoms with van der Waals surface area (Å²) in [6.45, 7) is 1.75. The number of nitro benzene ring substituents is 1. The number of carbonyl (C=O) groups excluding carboxylic acids is 1. The number of nitro groups is 1. The van der Waals surface area contributed by atoms with E-state index in [1.807, 2.05) is 6.26 Å². The zero-order valence-corrected chi connectivity index (χ0v) is 12.0. The number of thioether (sulfide) groups is 1. The molecule has 1 atom stereocenters. The Kier molecular flexibility index (Phi) is 5.43. The monoisotopic (exact) mass is 304 g/mol. The van der Waals surface area contributed by atoms with Crippen LogP contribution < -0.4 is 0 Å². The molecule has 0 aliphatic heterocycles. The maximum Gasteiger partial charge on any atom is 0.308 e. The molecule has 5 nitrogen and oxygen atoms in total. The minimum Gasteiger partial charge on any atom is -0.338 e. The molecule has 1 aromatic rings. The molecule has 0 heterocycles. The van der Waals surface area contributed by atoms with Crippen LogP contribution in [-0.2, 0) is 0 Å². The van der Waals surface area contributed by atoms with Crippen LogP contribution in [0.25, 0.3) is 0 Å². The van der Waals surface area contributed by atoms with Gasteiger partial charge in [-0.2, -0.15) is 16.2 Å². The van der Waals surface area contributed by atoms with Crippen LogP contribution in [0.1, 0.15) is 17.3 Å². The predicted octanol–water partition coefficient (Wildman–Crippen LogP) is 2.70. The lowest BCUT2D eigenvalue weighted by Gasteiger charge is -2.24. The van der Waals surface area contributed by atoms with Gasteiger partial charge in [-0.1, -0.05) is 0 Å². The third kappa shape index (κ3) is 3.44. The van der Waals surface area contributed by atoms with Crippen LogP contribution in [0.15, 0.2) is 12.1 Å². The highest BCUT2D eigenvalue weighted by atomic mass is 32.2. The van der Waals surface area contributed by atoms with Gasteiger partial charge in [0.15, 0.2) is 0 Å². The molecule has 1 amide bonds. The third-order valence-corrected chi connectivity index (χ3v) is 3.65. The van der Waals surface area contributed by atoms with E-state index in [1.165, 1.54) is 23.7 Å². The second kappa shape index (κ2) is 6.65. The fourth-order valence-electron chi connectivity index (χ4n) is 1.61. The first kappa shape index (κ1) is 16.4. The molecule has 1 aromatic carbocycles. The van der Waals surface area contributed by atoms with Gasteiger partial charge in [-0.3, -0.25) is 14.9 Å². The van der Waals surface area contributed by atoms with E-state index in [0.717, 1.165) is 0 Å². The molecule has 0 saturated heterocycles. The van der Waals surface area contributed by atoms with Crippen molar-refractivity contribution in [1.82, 2.24) is 4.90 Å². The van der Waals surface area contributed by atoms with Gasteiger partial charge in [-0.05, 0) is 19.2 Å². The van der Waals surface area contributed by atoms with Crippen LogP contribution in [0.5, 0.6) is 0 Å². The second-order valence-corrected chi connectivity index (χ2v) is 5.17. The van der Waals surface area contributed by atoms with Gasteiger partial charge in [0.1, 0.15) is 5.82 Å². The summed E-state index contributed by atoms with van der Waals surface area (Å²) < 4.78 is 27.2. The molecule has 20 heavy (non-hydrogen) atoms. The lowest BCUT2D eigenvalue weighted by molar-refractivity contribution is -0.387. The van der Waals surface area contributed by atoms with Crippen LogP contribution in [0.2, 0.25) is 0 Å². The fourth-order valence-corrected chi connectivity index (χ4v) is 2.31. The number of hydrogen-bond donors (Lipinski definition) is 0. The van der Waals surface area contributed by atoms with E-state index in [1.54, 1.807) is 6.92 Å². The van der Waals surface area contributed by atoms with E-state index in [2.05, 4.69) is 0 Å². The lowest BCUT2D eigenvalue weighted by Crippen LogP contribution is -2.37. The topological polar surface area (TPSA) is 63.5 Å². The van der Waals surface area contributed by atoms with Crippen LogP contribution in [0.3, 0.4) is 0 Å². The van der Waals surface area contributed by atoms with Crippen molar-refractivity contribution in [3.8, 4) is 0 Å². The van der Waals surface area contributed by atoms with Crippen molar-refractivity contribution in [2.75, 3.05) is 19.1 Å². The molecule has 0 aliphatic rings. The van der Waals surface area contributed by atoms with Crippen molar-refractivity contribution >= 4 is 23.4 Å². The maximum atomic E-state index is 13.9. The summed E-state index contributed by atoms with van der Waals surface area (Å²) in [5.74, 6) is -2.51. The van der Waals surface area contributed by atoms with Crippen LogP contribution in [0.4, 0.5) is 14.5 Å². The number of hydrogen-bond acceptors (Lipinski definition) is 4. The largest absolute Gasteiger partial charge is 0.338 e. The first-order valence-corrected chi connectivity index (χ1v) is 7.08. The van der Waals surface area contributed by atoms with Crippen LogP contribution >= 0.6 is 11.8 Å². The van der Waals surface area contributed by atoms with Gasteiger partial charge in [0.05, 0.1) is 16.6 Å². The highest BCUT2D eigenvalue weighted by Crippen LogP contribution is 2.24. The van der Waals surface area contributed by atoms with E-state index in [9.17, 15) is 23.7 Å². The Bertz CT molecular complexity index is 540. The number of amides is 1. The molecule has 1 rings (SSSR count). The van der Waals surface area contributed by atoms with Gasteiger partial charge in [0.2, 0.25) is 5.82 Å². The molecule has 0 aliphatic carbocycles. The van der Waals surface area contributed by atoms with Crippen LogP contribution in [-0.4, -0.2) is 40.8 Å². The molecule has 0 spiro atoms. The number of nitrogens with zero attached hydrogens (tertiary/aromatic N) is 2. The van der Waals surface area contributed by atoms with Gasteiger partial charge >= 0.3 is 5.69 Å². The quantitative estimate of drug-likeness (QED) is 0.620. The molecule has 0 N–H and O–H groups in total. The predicted molar refractivity (Wildman–Crippen MR) is 72.9 cm³/mol. The van der Waals surface area contributed by atoms with Crippen molar-refractivity contribution in [1.29, 1.82) is 0 Å². The molecular weight excluding hydrogens is 290 g/mol. The summed E-state index contributed by atoms with van der Waals surface area (Å²) in [5.41, 5.74) is -1.67. The molecule has 8 heteroatoms. The second-order valence-electron chi connectivity index (χ2n) is 4.26. The van der Waals surface area contributed by atoms with E-state index < -0.39 is 33.7 Å². The van der Waals surface area contributed by atoms with E-state index in [-0.39, 0.29) is 6.04 Å². The zero-order chi connectivity index (χ0) is 15.4. The van der Waals surface area contributed by atoms with Crippen molar-refractivity contribution in [2.24, 2.45) is 0 Å². The van der Waals surface area contributed by atoms with Crippen LogP contribution in [0, 0.1) is 21.7 Å². The Hall–Kier alpha value is -1.70. The summed E-state index contributed by atoms with van der Waals surface area (Å²) in [4.78, 5) is 22.9. The van der Waals surface area contributed by atoms with E-state index >= 15 is 0 Å². The van der Waals surface area contributed by atoms with Crippen molar-refractivity contribution in [3.05, 3.63) is 39.4 Å². The SMILES string of the molecule is CSCC(C)N(C)C(=O)c1cc(F)cc([N+](=O)[O-])c1F. The molecule has 0 aromatic heterocycles. The molecule has 110 valence electrons. The minimum atomic E-state index is -1.32. The smallest absolute Gasteiger partial charge is 0.308 e. The molecule has 0 saturated carbocycles. The molecule has 0 bridgehead atoms. The summed E-state index contributed by atoms with van der Waals surface area (Å²) in [6.07, 6.45) is 1.85. The number of halogens is 2. The van der Waals surface area contributed by atoms with Crippen molar-refractivity contribution < 1.29 is 18.5 Å². The number of benzene rings is 1. The van der Waals surface area contributed by atoms with Gasteiger partial charge < -0.3 is 4.90 Å². The standard InChI is InChI=1S/C12H14F2N2O3S/c1-7(6-20-3)15(2)12(17)9-4-8(13)5-10(11(9)14)16(18)19/h4-5,7H,6H2,1-3H3. The summed E-state index contributed by atoms with van der Waals surface area (Å²) in [5, 5.41) is 10.6. The highest BCUT2D eigenvalue weighted by molar-refractivity contribution is 7.98. The summed E-state index contributed by atoms with van der Waals surface area (Å²) >= 11 is 1.50. The average molecular weight is 304 g/mol. The molecular formula is C12H14F2N2O3S. The first-order valence-electron chi connectivity index (χ1n) is 5.69. The molecule has 0 fully saturated rings. The van der Waals surface area contributed by atoms with E-state index in [0.29, 0.717) is 17.9 Å². The Morgan fingerprint density at radius 1 is 1.50 bits per heavy atom. The number of carbonyl (C=O) groups is 1. The molecule has 1 unspecified atom stereocenters. The fraction of sp³-hybridized carbons (Fsp3) is 0.417. The first-order chi connectivity index (χ1) is 9.29. The average Bonchev–Trinajstić information content (AvgIpc) is 2.39. The highest BCUT2D eigenvalue weighted by Gasteiger charge is 2.27. The minimum absolute atomic E-state index is 0.209. The van der Waals surface area contributed by atoms with Gasteiger partial charge in [0.25, 0.3) is 5.91 Å². The third-order valence-electron chi connectivity index (χ3n) is 2.83. The number of rotatable bonds is 5. The summed E-state index contributed by atoms with van der Waals surface area (Å²) in [6, 6.07) is 0.920. The van der Waals surface area contributed by atoms with Gasteiger partial charge in [0, 0.05) is 18.8 Å². The Morgan fingerprint density at radius 2 is 2.10 bits per heavy atom. The Balaban J connectivity index is 3.19. The van der Waals surface area contributed by atoms with Gasteiger partial charge in [-0.15, -0.1) is 0 Å². The lowest BCUT2D eigenvalue weighted by atomic mass is 10.1. The van der Waals surface area contributed by atoms with Crippen molar-refractivity contribution in [3.63, 3.8) is 0 Å². The molecule has 0 radical (unpaired) electrons. The Morgan fingerprint density at radius 3 is 2.60 bits per heavy atom. The van der Waals surface area contributed by atoms with E-state index in [4.69, 9.17) is 0 Å². The Labute approximate surface area is 119 Å². The zero-order valence-electron chi connectivity index (χ0n) is 11.2. The van der Waals surface area contributed by atoms with Crippen molar-refractivity contribution in [2.45, 2.75) is 13.0 Å². The normalized spacial score (nSPS) is 12.1. The summed E-state index contributed by atoms with van der Waals surface area (Å²) in [7, 11) is 1.44. The maximum absolute atomic E-state index is 13.9.